The van der Waals surface area contributed by atoms with Crippen LogP contribution in [0.2, 0.25) is 0 Å². The molecular formula is C19H20N2O2. The van der Waals surface area contributed by atoms with E-state index >= 15 is 0 Å². The maximum Gasteiger partial charge on any atom is 0.220 e. The lowest BCUT2D eigenvalue weighted by atomic mass is 9.96. The number of hydrogen-bond donors (Lipinski definition) is 2. The zero-order chi connectivity index (χ0) is 16.7. The fraction of sp³-hybridized carbons (Fsp3) is 0.263. The van der Waals surface area contributed by atoms with Crippen molar-refractivity contribution >= 4 is 5.91 Å². The molecule has 0 fully saturated rings. The molecule has 0 aliphatic heterocycles. The van der Waals surface area contributed by atoms with Crippen molar-refractivity contribution in [2.24, 2.45) is 0 Å². The fourth-order valence-electron chi connectivity index (χ4n) is 2.26. The Balaban J connectivity index is 1.82. The molecule has 4 nitrogen and oxygen atoms in total. The minimum absolute atomic E-state index is 0.106. The number of rotatable bonds is 6. The number of aryl methyl sites for hydroxylation is 1. The molecule has 118 valence electrons. The second kappa shape index (κ2) is 7.57. The standard InChI is InChI=1S/C19H20N2O2/c1-19(23,17-5-3-2-4-6-17)14-21-18(22)12-11-15-7-9-16(13-20)10-8-15/h2-10,23H,11-12,14H2,1H3,(H,21,22). The van der Waals surface area contributed by atoms with Crippen LogP contribution in [-0.2, 0) is 16.8 Å². The number of nitrogens with one attached hydrogen (secondary N) is 1. The van der Waals surface area contributed by atoms with Gasteiger partial charge >= 0.3 is 0 Å². The third kappa shape index (κ3) is 4.94. The van der Waals surface area contributed by atoms with Crippen molar-refractivity contribution in [1.29, 1.82) is 5.26 Å². The summed E-state index contributed by atoms with van der Waals surface area (Å²) in [5.41, 5.74) is 1.30. The Bertz CT molecular complexity index is 686. The summed E-state index contributed by atoms with van der Waals surface area (Å²) in [6.07, 6.45) is 0.946. The first-order valence-corrected chi connectivity index (χ1v) is 7.55. The van der Waals surface area contributed by atoms with Gasteiger partial charge in [0.15, 0.2) is 0 Å². The predicted molar refractivity (Wildman–Crippen MR) is 88.5 cm³/mol. The van der Waals surface area contributed by atoms with E-state index in [0.717, 1.165) is 11.1 Å². The Morgan fingerprint density at radius 2 is 1.83 bits per heavy atom. The summed E-state index contributed by atoms with van der Waals surface area (Å²) < 4.78 is 0. The number of carbonyl (C=O) groups is 1. The molecule has 2 aromatic carbocycles. The lowest BCUT2D eigenvalue weighted by molar-refractivity contribution is -0.122. The lowest BCUT2D eigenvalue weighted by Gasteiger charge is -2.24. The Morgan fingerprint density at radius 1 is 1.17 bits per heavy atom. The van der Waals surface area contributed by atoms with E-state index in [-0.39, 0.29) is 12.5 Å². The number of hydrogen-bond acceptors (Lipinski definition) is 3. The zero-order valence-electron chi connectivity index (χ0n) is 13.1. The third-order valence-electron chi connectivity index (χ3n) is 3.75. The van der Waals surface area contributed by atoms with Crippen LogP contribution in [0, 0.1) is 11.3 Å². The van der Waals surface area contributed by atoms with Gasteiger partial charge in [-0.3, -0.25) is 4.79 Å². The van der Waals surface area contributed by atoms with E-state index in [1.165, 1.54) is 0 Å². The van der Waals surface area contributed by atoms with Crippen LogP contribution in [0.15, 0.2) is 54.6 Å². The highest BCUT2D eigenvalue weighted by atomic mass is 16.3. The van der Waals surface area contributed by atoms with Crippen LogP contribution in [0.4, 0.5) is 0 Å². The van der Waals surface area contributed by atoms with Crippen molar-refractivity contribution in [3.8, 4) is 6.07 Å². The zero-order valence-corrected chi connectivity index (χ0v) is 13.1. The Labute approximate surface area is 136 Å². The van der Waals surface area contributed by atoms with Crippen molar-refractivity contribution in [3.05, 3.63) is 71.3 Å². The van der Waals surface area contributed by atoms with E-state index < -0.39 is 5.60 Å². The molecule has 2 N–H and O–H groups in total. The molecular weight excluding hydrogens is 288 g/mol. The van der Waals surface area contributed by atoms with Gasteiger partial charge in [0, 0.05) is 6.42 Å². The van der Waals surface area contributed by atoms with Crippen molar-refractivity contribution < 1.29 is 9.90 Å². The van der Waals surface area contributed by atoms with Gasteiger partial charge in [0.1, 0.15) is 5.60 Å². The molecule has 0 radical (unpaired) electrons. The van der Waals surface area contributed by atoms with Gasteiger partial charge < -0.3 is 10.4 Å². The number of nitrogens with zero attached hydrogens (tertiary/aromatic N) is 1. The van der Waals surface area contributed by atoms with E-state index in [0.29, 0.717) is 18.4 Å². The third-order valence-corrected chi connectivity index (χ3v) is 3.75. The molecule has 1 unspecified atom stereocenters. The summed E-state index contributed by atoms with van der Waals surface area (Å²) in [6.45, 7) is 1.85. The first-order valence-electron chi connectivity index (χ1n) is 7.55. The predicted octanol–water partition coefficient (Wildman–Crippen LogP) is 2.51. The van der Waals surface area contributed by atoms with Gasteiger partial charge in [-0.25, -0.2) is 0 Å². The van der Waals surface area contributed by atoms with Gasteiger partial charge in [-0.2, -0.15) is 5.26 Å². The van der Waals surface area contributed by atoms with Crippen LogP contribution in [0.3, 0.4) is 0 Å². The summed E-state index contributed by atoms with van der Waals surface area (Å²) in [5.74, 6) is -0.106. The van der Waals surface area contributed by atoms with E-state index in [4.69, 9.17) is 5.26 Å². The van der Waals surface area contributed by atoms with Crippen LogP contribution in [0.25, 0.3) is 0 Å². The minimum atomic E-state index is -1.09. The van der Waals surface area contributed by atoms with Gasteiger partial charge in [-0.05, 0) is 36.6 Å². The van der Waals surface area contributed by atoms with Gasteiger partial charge in [-0.1, -0.05) is 42.5 Å². The molecule has 4 heteroatoms. The number of nitriles is 1. The van der Waals surface area contributed by atoms with Gasteiger partial charge in [0.05, 0.1) is 18.2 Å². The summed E-state index contributed by atoms with van der Waals surface area (Å²) >= 11 is 0. The normalized spacial score (nSPS) is 12.9. The molecule has 0 bridgehead atoms. The average Bonchev–Trinajstić information content (AvgIpc) is 2.59. The van der Waals surface area contributed by atoms with Crippen molar-refractivity contribution in [1.82, 2.24) is 5.32 Å². The maximum atomic E-state index is 11.9. The molecule has 2 aromatic rings. The lowest BCUT2D eigenvalue weighted by Crippen LogP contribution is -2.38. The van der Waals surface area contributed by atoms with E-state index in [9.17, 15) is 9.90 Å². The van der Waals surface area contributed by atoms with Crippen LogP contribution < -0.4 is 5.32 Å². The summed E-state index contributed by atoms with van der Waals surface area (Å²) in [5, 5.41) is 22.0. The second-order valence-electron chi connectivity index (χ2n) is 5.73. The summed E-state index contributed by atoms with van der Waals surface area (Å²) in [7, 11) is 0. The number of carbonyl (C=O) groups excluding carboxylic acids is 1. The number of amides is 1. The molecule has 0 aliphatic rings. The highest BCUT2D eigenvalue weighted by Crippen LogP contribution is 2.19. The highest BCUT2D eigenvalue weighted by molar-refractivity contribution is 5.76. The average molecular weight is 308 g/mol. The number of aliphatic hydroxyl groups is 1. The second-order valence-corrected chi connectivity index (χ2v) is 5.73. The van der Waals surface area contributed by atoms with Crippen molar-refractivity contribution in [2.75, 3.05) is 6.54 Å². The van der Waals surface area contributed by atoms with E-state index in [1.54, 1.807) is 19.1 Å². The van der Waals surface area contributed by atoms with Gasteiger partial charge in [0.2, 0.25) is 5.91 Å². The first kappa shape index (κ1) is 16.7. The van der Waals surface area contributed by atoms with Crippen LogP contribution in [0.1, 0.15) is 30.0 Å². The SMILES string of the molecule is CC(O)(CNC(=O)CCc1ccc(C#N)cc1)c1ccccc1. The van der Waals surface area contributed by atoms with E-state index in [1.807, 2.05) is 42.5 Å². The summed E-state index contributed by atoms with van der Waals surface area (Å²) in [6, 6.07) is 18.5. The molecule has 0 heterocycles. The molecule has 0 spiro atoms. The van der Waals surface area contributed by atoms with Gasteiger partial charge in [-0.15, -0.1) is 0 Å². The van der Waals surface area contributed by atoms with Gasteiger partial charge in [0.25, 0.3) is 0 Å². The topological polar surface area (TPSA) is 73.1 Å². The smallest absolute Gasteiger partial charge is 0.220 e. The van der Waals surface area contributed by atoms with Crippen LogP contribution >= 0.6 is 0 Å². The minimum Gasteiger partial charge on any atom is -0.384 e. The van der Waals surface area contributed by atoms with E-state index in [2.05, 4.69) is 11.4 Å². The molecule has 23 heavy (non-hydrogen) atoms. The number of benzene rings is 2. The molecule has 1 amide bonds. The van der Waals surface area contributed by atoms with Crippen molar-refractivity contribution in [3.63, 3.8) is 0 Å². The summed E-state index contributed by atoms with van der Waals surface area (Å²) in [4.78, 5) is 11.9. The highest BCUT2D eigenvalue weighted by Gasteiger charge is 2.23. The molecule has 0 aliphatic carbocycles. The Morgan fingerprint density at radius 3 is 2.43 bits per heavy atom. The molecule has 0 saturated carbocycles. The molecule has 2 rings (SSSR count). The van der Waals surface area contributed by atoms with Crippen LogP contribution in [0.5, 0.6) is 0 Å². The largest absolute Gasteiger partial charge is 0.384 e. The van der Waals surface area contributed by atoms with Crippen molar-refractivity contribution in [2.45, 2.75) is 25.4 Å². The quantitative estimate of drug-likeness (QED) is 0.861. The maximum absolute atomic E-state index is 11.9. The molecule has 1 atom stereocenters. The Kier molecular flexibility index (Phi) is 5.51. The Hall–Kier alpha value is -2.64. The molecule has 0 aromatic heterocycles. The van der Waals surface area contributed by atoms with Crippen LogP contribution in [-0.4, -0.2) is 17.6 Å². The first-order chi connectivity index (χ1) is 11.0. The molecule has 0 saturated heterocycles. The monoisotopic (exact) mass is 308 g/mol. The fourth-order valence-corrected chi connectivity index (χ4v) is 2.26.